The van der Waals surface area contributed by atoms with Crippen LogP contribution in [-0.2, 0) is 22.5 Å². The summed E-state index contributed by atoms with van der Waals surface area (Å²) in [5, 5.41) is 14.6. The number of carbonyl (C=O) groups excluding carboxylic acids is 2. The van der Waals surface area contributed by atoms with Crippen LogP contribution in [0.5, 0.6) is 0 Å². The minimum absolute atomic E-state index is 0.0215. The maximum Gasteiger partial charge on any atom is 0.389 e. The van der Waals surface area contributed by atoms with Gasteiger partial charge in [-0.15, -0.1) is 0 Å². The highest BCUT2D eigenvalue weighted by Crippen LogP contribution is 2.44. The van der Waals surface area contributed by atoms with E-state index < -0.39 is 47.8 Å². The first-order valence-corrected chi connectivity index (χ1v) is 14.9. The molecule has 2 N–H and O–H groups in total. The van der Waals surface area contributed by atoms with Crippen molar-refractivity contribution < 1.29 is 36.3 Å². The topological polar surface area (TPSA) is 115 Å². The smallest absolute Gasteiger partial charge is 0.389 e. The van der Waals surface area contributed by atoms with Gasteiger partial charge in [0.2, 0.25) is 5.92 Å². The van der Waals surface area contributed by atoms with Crippen LogP contribution in [0.4, 0.5) is 22.0 Å². The summed E-state index contributed by atoms with van der Waals surface area (Å²) in [6, 6.07) is 4.13. The van der Waals surface area contributed by atoms with Gasteiger partial charge in [0.15, 0.2) is 5.65 Å². The number of amides is 1. The maximum atomic E-state index is 14.1. The number of nitrogens with zero attached hydrogens (tertiary/aromatic N) is 5. The molecular formula is C30H36F5N7O3. The van der Waals surface area contributed by atoms with Gasteiger partial charge in [0.1, 0.15) is 11.1 Å². The average molecular weight is 638 g/mol. The lowest BCUT2D eigenvalue weighted by atomic mass is 9.70. The van der Waals surface area contributed by atoms with E-state index in [0.717, 1.165) is 0 Å². The Balaban J connectivity index is 1.45. The van der Waals surface area contributed by atoms with Crippen molar-refractivity contribution in [3.05, 3.63) is 60.0 Å². The molecule has 2 aliphatic rings. The molecule has 1 saturated carbocycles. The number of methoxy groups -OCH3 is 1. The second-order valence-electron chi connectivity index (χ2n) is 12.0. The number of aromatic nitrogens is 5. The maximum absolute atomic E-state index is 14.1. The lowest BCUT2D eigenvalue weighted by Crippen LogP contribution is -2.49. The Kier molecular flexibility index (Phi) is 8.91. The lowest BCUT2D eigenvalue weighted by Gasteiger charge is -2.41. The van der Waals surface area contributed by atoms with Crippen molar-refractivity contribution in [2.75, 3.05) is 13.7 Å². The number of hydrogen-bond donors (Lipinski definition) is 2. The van der Waals surface area contributed by atoms with E-state index in [1.54, 1.807) is 24.4 Å². The van der Waals surface area contributed by atoms with E-state index in [2.05, 4.69) is 32.4 Å². The Bertz CT molecular complexity index is 1550. The highest BCUT2D eigenvalue weighted by molar-refractivity contribution is 5.92. The van der Waals surface area contributed by atoms with Gasteiger partial charge in [0.05, 0.1) is 30.7 Å². The highest BCUT2D eigenvalue weighted by atomic mass is 19.4. The molecule has 0 aromatic carbocycles. The van der Waals surface area contributed by atoms with Crippen LogP contribution in [0.25, 0.3) is 5.65 Å². The molecule has 45 heavy (non-hydrogen) atoms. The van der Waals surface area contributed by atoms with Crippen molar-refractivity contribution in [3.8, 4) is 0 Å². The zero-order valence-corrected chi connectivity index (χ0v) is 25.0. The third kappa shape index (κ3) is 6.96. The molecule has 5 rings (SSSR count). The van der Waals surface area contributed by atoms with Crippen LogP contribution >= 0.6 is 0 Å². The number of imidazole rings is 1. The van der Waals surface area contributed by atoms with Crippen molar-refractivity contribution in [2.24, 2.45) is 17.3 Å². The normalized spacial score (nSPS) is 23.0. The number of alkyl halides is 5. The summed E-state index contributed by atoms with van der Waals surface area (Å²) in [4.78, 5) is 31.0. The SMILES string of the molecule is C=C1NCC(CC(F)(F)F)CC1(Cc1ccc2nc(C(NC(=O)c3ccnn3CC)C3CCC(F)(F)CC3)cn2n1)C(=O)OC. The molecule has 244 valence electrons. The molecule has 0 radical (unpaired) electrons. The Hall–Kier alpha value is -4.04. The molecular weight excluding hydrogens is 601 g/mol. The van der Waals surface area contributed by atoms with E-state index in [-0.39, 0.29) is 56.7 Å². The molecule has 3 atom stereocenters. The number of ether oxygens (including phenoxy) is 1. The molecule has 3 aromatic rings. The summed E-state index contributed by atoms with van der Waals surface area (Å²) in [5.74, 6) is -5.11. The Labute approximate surface area is 256 Å². The standard InChI is InChI=1S/C30H36F5N7O3/c1-4-41-23(9-12-37-41)26(43)39-25(20-7-10-29(31,32)11-8-20)22-17-42-24(38-22)6-5-21(40-42)15-28(27(44)45-3)13-19(14-30(33,34)35)16-36-18(28)2/h5-6,9,12,17,19-20,25,36H,2,4,7-8,10-11,13-16H2,1,3H3,(H,39,43). The summed E-state index contributed by atoms with van der Waals surface area (Å²) in [6.07, 6.45) is -2.86. The van der Waals surface area contributed by atoms with E-state index in [4.69, 9.17) is 4.74 Å². The fraction of sp³-hybridized carbons (Fsp3) is 0.567. The number of fused-ring (bicyclic) bond motifs is 1. The zero-order chi connectivity index (χ0) is 32.6. The molecule has 1 aliphatic heterocycles. The second kappa shape index (κ2) is 12.4. The van der Waals surface area contributed by atoms with Gasteiger partial charge in [-0.05, 0) is 56.2 Å². The van der Waals surface area contributed by atoms with Crippen molar-refractivity contribution >= 4 is 17.5 Å². The van der Waals surface area contributed by atoms with Crippen molar-refractivity contribution in [1.82, 2.24) is 35.0 Å². The van der Waals surface area contributed by atoms with Crippen LogP contribution in [0.3, 0.4) is 0 Å². The van der Waals surface area contributed by atoms with Gasteiger partial charge in [-0.1, -0.05) is 6.58 Å². The van der Waals surface area contributed by atoms with E-state index in [1.807, 2.05) is 6.92 Å². The van der Waals surface area contributed by atoms with Crippen molar-refractivity contribution in [3.63, 3.8) is 0 Å². The summed E-state index contributed by atoms with van der Waals surface area (Å²) < 4.78 is 75.9. The average Bonchev–Trinajstić information content (AvgIpc) is 3.63. The first-order chi connectivity index (χ1) is 21.2. The van der Waals surface area contributed by atoms with Gasteiger partial charge in [0, 0.05) is 50.7 Å². The van der Waals surface area contributed by atoms with E-state index in [9.17, 15) is 31.5 Å². The van der Waals surface area contributed by atoms with Crippen LogP contribution in [0, 0.1) is 17.3 Å². The summed E-state index contributed by atoms with van der Waals surface area (Å²) >= 11 is 0. The number of carbonyl (C=O) groups is 2. The van der Waals surface area contributed by atoms with Gasteiger partial charge in [-0.2, -0.15) is 23.4 Å². The summed E-state index contributed by atoms with van der Waals surface area (Å²) in [5.41, 5.74) is 0.282. The van der Waals surface area contributed by atoms with Gasteiger partial charge >= 0.3 is 12.1 Å². The number of nitrogens with one attached hydrogen (secondary N) is 2. The molecule has 1 amide bonds. The number of hydrogen-bond acceptors (Lipinski definition) is 7. The van der Waals surface area contributed by atoms with Gasteiger partial charge in [0.25, 0.3) is 5.91 Å². The minimum Gasteiger partial charge on any atom is -0.468 e. The quantitative estimate of drug-likeness (QED) is 0.250. The van der Waals surface area contributed by atoms with E-state index in [1.165, 1.54) is 22.5 Å². The van der Waals surface area contributed by atoms with E-state index >= 15 is 0 Å². The fourth-order valence-electron chi connectivity index (χ4n) is 6.56. The monoisotopic (exact) mass is 637 g/mol. The molecule has 10 nitrogen and oxygen atoms in total. The highest BCUT2D eigenvalue weighted by Gasteiger charge is 2.49. The Morgan fingerprint density at radius 1 is 1.22 bits per heavy atom. The van der Waals surface area contributed by atoms with Crippen LogP contribution in [-0.4, -0.2) is 62.0 Å². The molecule has 4 heterocycles. The van der Waals surface area contributed by atoms with Crippen molar-refractivity contribution in [2.45, 2.75) is 76.6 Å². The molecule has 15 heteroatoms. The molecule has 0 bridgehead atoms. The largest absolute Gasteiger partial charge is 0.468 e. The Morgan fingerprint density at radius 3 is 2.62 bits per heavy atom. The third-order valence-corrected chi connectivity index (χ3v) is 8.88. The van der Waals surface area contributed by atoms with Gasteiger partial charge in [-0.3, -0.25) is 14.3 Å². The molecule has 3 aromatic heterocycles. The third-order valence-electron chi connectivity index (χ3n) is 8.88. The van der Waals surface area contributed by atoms with Gasteiger partial charge < -0.3 is 15.4 Å². The first kappa shape index (κ1) is 32.4. The summed E-state index contributed by atoms with van der Waals surface area (Å²) in [7, 11) is 1.17. The first-order valence-electron chi connectivity index (χ1n) is 14.9. The van der Waals surface area contributed by atoms with Crippen LogP contribution in [0.15, 0.2) is 42.9 Å². The van der Waals surface area contributed by atoms with Crippen LogP contribution in [0.2, 0.25) is 0 Å². The van der Waals surface area contributed by atoms with Crippen LogP contribution in [0.1, 0.15) is 73.4 Å². The lowest BCUT2D eigenvalue weighted by molar-refractivity contribution is -0.160. The minimum atomic E-state index is -4.41. The number of rotatable bonds is 9. The number of halogens is 5. The Morgan fingerprint density at radius 2 is 1.96 bits per heavy atom. The van der Waals surface area contributed by atoms with E-state index in [0.29, 0.717) is 29.3 Å². The molecule has 1 aliphatic carbocycles. The fourth-order valence-corrected chi connectivity index (χ4v) is 6.56. The number of aryl methyl sites for hydroxylation is 1. The number of esters is 1. The predicted octanol–water partition coefficient (Wildman–Crippen LogP) is 5.02. The molecule has 2 fully saturated rings. The second-order valence-corrected chi connectivity index (χ2v) is 12.0. The zero-order valence-electron chi connectivity index (χ0n) is 25.0. The van der Waals surface area contributed by atoms with Crippen molar-refractivity contribution in [1.29, 1.82) is 0 Å². The van der Waals surface area contributed by atoms with Gasteiger partial charge in [-0.25, -0.2) is 18.3 Å². The summed E-state index contributed by atoms with van der Waals surface area (Å²) in [6.45, 7) is 6.26. The predicted molar refractivity (Wildman–Crippen MR) is 152 cm³/mol. The molecule has 0 spiro atoms. The van der Waals surface area contributed by atoms with Crippen LogP contribution < -0.4 is 10.6 Å². The number of piperidine rings is 1. The molecule has 3 unspecified atom stereocenters. The molecule has 1 saturated heterocycles.